The molecule has 4 nitrogen and oxygen atoms in total. The van der Waals surface area contributed by atoms with Crippen LogP contribution in [0.4, 0.5) is 0 Å². The Balaban J connectivity index is 1.74. The lowest BCUT2D eigenvalue weighted by atomic mass is 10.1. The summed E-state index contributed by atoms with van der Waals surface area (Å²) >= 11 is 0. The van der Waals surface area contributed by atoms with E-state index in [1.54, 1.807) is 0 Å². The molecule has 0 aliphatic carbocycles. The van der Waals surface area contributed by atoms with Gasteiger partial charge in [0.25, 0.3) is 0 Å². The van der Waals surface area contributed by atoms with Crippen LogP contribution in [0.5, 0.6) is 5.75 Å². The zero-order valence-electron chi connectivity index (χ0n) is 14.1. The molecule has 0 heterocycles. The van der Waals surface area contributed by atoms with Crippen LogP contribution in [0.15, 0.2) is 48.5 Å². The molecular weight excluding hydrogens is 302 g/mol. The van der Waals surface area contributed by atoms with Gasteiger partial charge < -0.3 is 15.2 Å². The molecule has 0 fully saturated rings. The van der Waals surface area contributed by atoms with Crippen molar-refractivity contribution in [3.8, 4) is 5.75 Å². The normalized spacial score (nSPS) is 10.5. The predicted octanol–water partition coefficient (Wildman–Crippen LogP) is 3.22. The fourth-order valence-corrected chi connectivity index (χ4v) is 2.51. The van der Waals surface area contributed by atoms with E-state index in [1.807, 2.05) is 18.2 Å². The van der Waals surface area contributed by atoms with Crippen molar-refractivity contribution in [2.45, 2.75) is 26.2 Å². The van der Waals surface area contributed by atoms with E-state index in [0.29, 0.717) is 13.2 Å². The van der Waals surface area contributed by atoms with Crippen LogP contribution in [0.3, 0.4) is 0 Å². The fraction of sp³-hybridized carbons (Fsp3) is 0.350. The average Bonchev–Trinajstić information content (AvgIpc) is 2.56. The second-order valence-electron chi connectivity index (χ2n) is 5.82. The zero-order valence-corrected chi connectivity index (χ0v) is 14.1. The summed E-state index contributed by atoms with van der Waals surface area (Å²) in [6.07, 6.45) is 1.91. The lowest BCUT2D eigenvalue weighted by Crippen LogP contribution is -2.20. The number of carboxylic acids is 1. The number of aryl methyl sites for hydroxylation is 1. The summed E-state index contributed by atoms with van der Waals surface area (Å²) in [5, 5.41) is 11.7. The van der Waals surface area contributed by atoms with Crippen LogP contribution in [-0.2, 0) is 17.6 Å². The lowest BCUT2D eigenvalue weighted by molar-refractivity contribution is -0.136. The van der Waals surface area contributed by atoms with Crippen LogP contribution in [0.2, 0.25) is 0 Å². The van der Waals surface area contributed by atoms with Crippen molar-refractivity contribution in [1.29, 1.82) is 0 Å². The van der Waals surface area contributed by atoms with Gasteiger partial charge in [0.15, 0.2) is 0 Å². The Labute approximate surface area is 143 Å². The standard InChI is InChI=1S/C20H25NO3/c1-16-5-2-3-7-18(16)11-14-24-19-8-4-6-17(15-19)9-12-21-13-10-20(22)23/h2-8,15,21H,9-14H2,1H3,(H,22,23). The predicted molar refractivity (Wildman–Crippen MR) is 95.6 cm³/mol. The Hall–Kier alpha value is -2.33. The van der Waals surface area contributed by atoms with Gasteiger partial charge in [-0.25, -0.2) is 0 Å². The van der Waals surface area contributed by atoms with E-state index in [4.69, 9.17) is 9.84 Å². The number of rotatable bonds is 10. The van der Waals surface area contributed by atoms with Gasteiger partial charge in [-0.05, 0) is 48.7 Å². The number of carboxylic acid groups (broad SMARTS) is 1. The summed E-state index contributed by atoms with van der Waals surface area (Å²) in [5.74, 6) is 0.109. The van der Waals surface area contributed by atoms with Gasteiger partial charge in [0.1, 0.15) is 5.75 Å². The van der Waals surface area contributed by atoms with Crippen LogP contribution in [-0.4, -0.2) is 30.8 Å². The maximum atomic E-state index is 10.4. The van der Waals surface area contributed by atoms with E-state index in [9.17, 15) is 4.79 Å². The van der Waals surface area contributed by atoms with Crippen molar-refractivity contribution >= 4 is 5.97 Å². The van der Waals surface area contributed by atoms with Crippen molar-refractivity contribution in [2.24, 2.45) is 0 Å². The van der Waals surface area contributed by atoms with Crippen LogP contribution < -0.4 is 10.1 Å². The molecule has 0 spiro atoms. The number of hydrogen-bond acceptors (Lipinski definition) is 3. The summed E-state index contributed by atoms with van der Waals surface area (Å²) in [5.41, 5.74) is 3.80. The quantitative estimate of drug-likeness (QED) is 0.658. The molecule has 2 N–H and O–H groups in total. The molecule has 2 aromatic rings. The summed E-state index contributed by atoms with van der Waals surface area (Å²) in [6, 6.07) is 16.4. The molecule has 0 saturated carbocycles. The highest BCUT2D eigenvalue weighted by Gasteiger charge is 2.01. The molecule has 0 aliphatic rings. The Morgan fingerprint density at radius 2 is 1.92 bits per heavy atom. The molecule has 0 amide bonds. The molecule has 0 aliphatic heterocycles. The summed E-state index contributed by atoms with van der Waals surface area (Å²) in [4.78, 5) is 10.4. The SMILES string of the molecule is Cc1ccccc1CCOc1cccc(CCNCCC(=O)O)c1. The molecule has 0 unspecified atom stereocenters. The van der Waals surface area contributed by atoms with E-state index in [1.165, 1.54) is 16.7 Å². The van der Waals surface area contributed by atoms with Crippen molar-refractivity contribution < 1.29 is 14.6 Å². The molecule has 0 saturated heterocycles. The Kier molecular flexibility index (Phi) is 7.30. The number of benzene rings is 2. The second-order valence-corrected chi connectivity index (χ2v) is 5.82. The lowest BCUT2D eigenvalue weighted by Gasteiger charge is -2.10. The Bertz CT molecular complexity index is 655. The van der Waals surface area contributed by atoms with Crippen LogP contribution >= 0.6 is 0 Å². The molecule has 4 heteroatoms. The van der Waals surface area contributed by atoms with Gasteiger partial charge in [0, 0.05) is 13.0 Å². The first-order valence-electron chi connectivity index (χ1n) is 8.34. The van der Waals surface area contributed by atoms with Crippen LogP contribution in [0, 0.1) is 6.92 Å². The number of carbonyl (C=O) groups is 1. The monoisotopic (exact) mass is 327 g/mol. The third kappa shape index (κ3) is 6.42. The first-order valence-corrected chi connectivity index (χ1v) is 8.34. The van der Waals surface area contributed by atoms with Gasteiger partial charge >= 0.3 is 5.97 Å². The first kappa shape index (κ1) is 18.0. The van der Waals surface area contributed by atoms with E-state index in [2.05, 4.69) is 42.6 Å². The summed E-state index contributed by atoms with van der Waals surface area (Å²) < 4.78 is 5.87. The molecule has 0 bridgehead atoms. The molecule has 0 atom stereocenters. The van der Waals surface area contributed by atoms with Gasteiger partial charge in [-0.2, -0.15) is 0 Å². The molecule has 128 valence electrons. The highest BCUT2D eigenvalue weighted by Crippen LogP contribution is 2.15. The fourth-order valence-electron chi connectivity index (χ4n) is 2.51. The number of hydrogen-bond donors (Lipinski definition) is 2. The van der Waals surface area contributed by atoms with Gasteiger partial charge in [-0.1, -0.05) is 36.4 Å². The van der Waals surface area contributed by atoms with Crippen LogP contribution in [0.25, 0.3) is 0 Å². The average molecular weight is 327 g/mol. The molecular formula is C20H25NO3. The van der Waals surface area contributed by atoms with Crippen molar-refractivity contribution in [1.82, 2.24) is 5.32 Å². The largest absolute Gasteiger partial charge is 0.493 e. The van der Waals surface area contributed by atoms with Crippen molar-refractivity contribution in [3.05, 3.63) is 65.2 Å². The van der Waals surface area contributed by atoms with Crippen molar-refractivity contribution in [2.75, 3.05) is 19.7 Å². The topological polar surface area (TPSA) is 58.6 Å². The van der Waals surface area contributed by atoms with E-state index >= 15 is 0 Å². The number of ether oxygens (including phenoxy) is 1. The van der Waals surface area contributed by atoms with Crippen LogP contribution in [0.1, 0.15) is 23.1 Å². The maximum Gasteiger partial charge on any atom is 0.304 e. The van der Waals surface area contributed by atoms with Gasteiger partial charge in [0.05, 0.1) is 13.0 Å². The minimum Gasteiger partial charge on any atom is -0.493 e. The van der Waals surface area contributed by atoms with E-state index in [-0.39, 0.29) is 6.42 Å². The first-order chi connectivity index (χ1) is 11.6. The highest BCUT2D eigenvalue weighted by molar-refractivity contribution is 5.66. The molecule has 2 aromatic carbocycles. The molecule has 24 heavy (non-hydrogen) atoms. The van der Waals surface area contributed by atoms with E-state index < -0.39 is 5.97 Å². The Morgan fingerprint density at radius 1 is 1.08 bits per heavy atom. The summed E-state index contributed by atoms with van der Waals surface area (Å²) in [6.45, 7) is 4.04. The third-order valence-corrected chi connectivity index (χ3v) is 3.91. The number of nitrogens with one attached hydrogen (secondary N) is 1. The third-order valence-electron chi connectivity index (χ3n) is 3.91. The van der Waals surface area contributed by atoms with Gasteiger partial charge in [-0.15, -0.1) is 0 Å². The molecule has 0 aromatic heterocycles. The van der Waals surface area contributed by atoms with Crippen molar-refractivity contribution in [3.63, 3.8) is 0 Å². The van der Waals surface area contributed by atoms with E-state index in [0.717, 1.165) is 25.1 Å². The van der Waals surface area contributed by atoms with Gasteiger partial charge in [0.2, 0.25) is 0 Å². The summed E-state index contributed by atoms with van der Waals surface area (Å²) in [7, 11) is 0. The maximum absolute atomic E-state index is 10.4. The zero-order chi connectivity index (χ0) is 17.2. The van der Waals surface area contributed by atoms with Gasteiger partial charge in [-0.3, -0.25) is 4.79 Å². The molecule has 2 rings (SSSR count). The Morgan fingerprint density at radius 3 is 2.71 bits per heavy atom. The smallest absolute Gasteiger partial charge is 0.304 e. The second kappa shape index (κ2) is 9.73. The highest BCUT2D eigenvalue weighted by atomic mass is 16.5. The minimum absolute atomic E-state index is 0.155. The minimum atomic E-state index is -0.772. The number of aliphatic carboxylic acids is 1. The molecule has 0 radical (unpaired) electrons.